The van der Waals surface area contributed by atoms with Crippen LogP contribution in [0, 0.1) is 0 Å². The number of benzene rings is 1. The van der Waals surface area contributed by atoms with Crippen LogP contribution in [0.3, 0.4) is 0 Å². The molecule has 1 atom stereocenters. The molecule has 0 radical (unpaired) electrons. The van der Waals surface area contributed by atoms with Crippen molar-refractivity contribution in [1.29, 1.82) is 0 Å². The molecule has 1 spiro atoms. The molecule has 1 amide bonds. The highest BCUT2D eigenvalue weighted by atomic mass is 16.2. The number of nitrogens with one attached hydrogen (secondary N) is 1. The Balaban J connectivity index is 2.18. The summed E-state index contributed by atoms with van der Waals surface area (Å²) in [5.41, 5.74) is 2.31. The van der Waals surface area contributed by atoms with Crippen LogP contribution in [0.1, 0.15) is 45.6 Å². The third kappa shape index (κ3) is 1.47. The van der Waals surface area contributed by atoms with Gasteiger partial charge in [0.25, 0.3) is 0 Å². The summed E-state index contributed by atoms with van der Waals surface area (Å²) in [6.45, 7) is 7.60. The van der Waals surface area contributed by atoms with E-state index < -0.39 is 0 Å². The molecule has 3 nitrogen and oxygen atoms in total. The molecule has 102 valence electrons. The number of carbonyl (C=O) groups excluding carboxylic acids is 1. The maximum absolute atomic E-state index is 12.0. The zero-order chi connectivity index (χ0) is 13.7. The van der Waals surface area contributed by atoms with E-state index in [4.69, 9.17) is 0 Å². The Hall–Kier alpha value is -1.51. The summed E-state index contributed by atoms with van der Waals surface area (Å²) >= 11 is 0. The van der Waals surface area contributed by atoms with Crippen molar-refractivity contribution in [2.24, 2.45) is 0 Å². The Morgan fingerprint density at radius 3 is 2.74 bits per heavy atom. The van der Waals surface area contributed by atoms with E-state index in [1.54, 1.807) is 0 Å². The first-order valence-corrected chi connectivity index (χ1v) is 7.21. The minimum atomic E-state index is -0.249. The molecule has 2 aliphatic heterocycles. The Bertz CT molecular complexity index is 523. The van der Waals surface area contributed by atoms with Crippen LogP contribution in [-0.2, 0) is 10.2 Å². The van der Waals surface area contributed by atoms with Crippen LogP contribution in [-0.4, -0.2) is 18.1 Å². The minimum absolute atomic E-state index is 0.0598. The molecule has 3 rings (SSSR count). The van der Waals surface area contributed by atoms with Gasteiger partial charge in [0.2, 0.25) is 5.91 Å². The molecule has 3 heteroatoms. The number of piperidine rings is 1. The van der Waals surface area contributed by atoms with Gasteiger partial charge in [0.1, 0.15) is 5.66 Å². The van der Waals surface area contributed by atoms with Gasteiger partial charge in [-0.3, -0.25) is 4.79 Å². The van der Waals surface area contributed by atoms with Gasteiger partial charge in [-0.2, -0.15) is 0 Å². The standard InChI is InChI=1S/C16H22N2O/c1-4-18-13-9-6-5-8-12(13)15(2,3)16(18)11-7-10-14(19)17-16/h5-6,8-9H,4,7,10-11H2,1-3H3,(H,17,19)/t16-/m1/s1. The van der Waals surface area contributed by atoms with Crippen LogP contribution in [0.5, 0.6) is 0 Å². The molecule has 0 aliphatic carbocycles. The van der Waals surface area contributed by atoms with Crippen molar-refractivity contribution in [3.8, 4) is 0 Å². The van der Waals surface area contributed by atoms with Crippen LogP contribution < -0.4 is 10.2 Å². The highest BCUT2D eigenvalue weighted by Crippen LogP contribution is 2.53. The maximum Gasteiger partial charge on any atom is 0.221 e. The van der Waals surface area contributed by atoms with Crippen molar-refractivity contribution in [1.82, 2.24) is 5.32 Å². The number of nitrogens with zero attached hydrogens (tertiary/aromatic N) is 1. The lowest BCUT2D eigenvalue weighted by Gasteiger charge is -2.50. The molecule has 2 heterocycles. The second-order valence-electron chi connectivity index (χ2n) is 6.15. The highest BCUT2D eigenvalue weighted by molar-refractivity contribution is 5.81. The second kappa shape index (κ2) is 3.99. The SMILES string of the molecule is CCN1c2ccccc2C(C)(C)[C@@]12CCCC(=O)N2. The summed E-state index contributed by atoms with van der Waals surface area (Å²) in [6.07, 6.45) is 2.65. The summed E-state index contributed by atoms with van der Waals surface area (Å²) in [5, 5.41) is 3.32. The van der Waals surface area contributed by atoms with Crippen molar-refractivity contribution in [3.05, 3.63) is 29.8 Å². The van der Waals surface area contributed by atoms with Crippen molar-refractivity contribution in [3.63, 3.8) is 0 Å². The number of hydrogen-bond acceptors (Lipinski definition) is 2. The average molecular weight is 258 g/mol. The van der Waals surface area contributed by atoms with E-state index in [0.717, 1.165) is 19.4 Å². The lowest BCUT2D eigenvalue weighted by atomic mass is 9.72. The highest BCUT2D eigenvalue weighted by Gasteiger charge is 2.57. The number of hydrogen-bond donors (Lipinski definition) is 1. The molecular weight excluding hydrogens is 236 g/mol. The Morgan fingerprint density at radius 2 is 2.05 bits per heavy atom. The monoisotopic (exact) mass is 258 g/mol. The number of fused-ring (bicyclic) bond motifs is 1. The molecule has 0 bridgehead atoms. The zero-order valence-electron chi connectivity index (χ0n) is 12.0. The predicted octanol–water partition coefficient (Wildman–Crippen LogP) is 2.80. The molecule has 19 heavy (non-hydrogen) atoms. The maximum atomic E-state index is 12.0. The van der Waals surface area contributed by atoms with Gasteiger partial charge in [0, 0.05) is 24.1 Å². The third-order valence-electron chi connectivity index (χ3n) is 4.97. The fourth-order valence-electron chi connectivity index (χ4n) is 3.98. The number of amides is 1. The number of likely N-dealkylation sites (N-methyl/N-ethyl adjacent to an activating group) is 1. The Morgan fingerprint density at radius 1 is 1.32 bits per heavy atom. The third-order valence-corrected chi connectivity index (χ3v) is 4.97. The van der Waals surface area contributed by atoms with Crippen LogP contribution in [0.25, 0.3) is 0 Å². The number of carbonyl (C=O) groups is 1. The lowest BCUT2D eigenvalue weighted by Crippen LogP contribution is -2.68. The molecule has 1 aromatic carbocycles. The van der Waals surface area contributed by atoms with Crippen LogP contribution >= 0.6 is 0 Å². The van der Waals surface area contributed by atoms with E-state index in [9.17, 15) is 4.79 Å². The van der Waals surface area contributed by atoms with E-state index in [-0.39, 0.29) is 17.0 Å². The molecule has 1 saturated heterocycles. The summed E-state index contributed by atoms with van der Waals surface area (Å²) in [7, 11) is 0. The van der Waals surface area contributed by atoms with E-state index >= 15 is 0 Å². The van der Waals surface area contributed by atoms with E-state index in [1.165, 1.54) is 11.3 Å². The van der Waals surface area contributed by atoms with Gasteiger partial charge >= 0.3 is 0 Å². The van der Waals surface area contributed by atoms with Gasteiger partial charge in [0.05, 0.1) is 0 Å². The molecule has 1 fully saturated rings. The molecule has 1 N–H and O–H groups in total. The molecule has 2 aliphatic rings. The second-order valence-corrected chi connectivity index (χ2v) is 6.15. The van der Waals surface area contributed by atoms with Gasteiger partial charge in [-0.25, -0.2) is 0 Å². The number of para-hydroxylation sites is 1. The topological polar surface area (TPSA) is 32.3 Å². The number of rotatable bonds is 1. The van der Waals surface area contributed by atoms with Crippen LogP contribution in [0.15, 0.2) is 24.3 Å². The van der Waals surface area contributed by atoms with Crippen LogP contribution in [0.4, 0.5) is 5.69 Å². The summed E-state index contributed by atoms with van der Waals surface area (Å²) in [5.74, 6) is 0.186. The van der Waals surface area contributed by atoms with E-state index in [1.807, 2.05) is 0 Å². The summed E-state index contributed by atoms with van der Waals surface area (Å²) in [4.78, 5) is 14.4. The fourth-order valence-corrected chi connectivity index (χ4v) is 3.98. The van der Waals surface area contributed by atoms with Crippen molar-refractivity contribution >= 4 is 11.6 Å². The first-order chi connectivity index (χ1) is 9.03. The molecule has 0 unspecified atom stereocenters. The van der Waals surface area contributed by atoms with Crippen molar-refractivity contribution < 1.29 is 4.79 Å². The van der Waals surface area contributed by atoms with Gasteiger partial charge in [-0.05, 0) is 31.4 Å². The van der Waals surface area contributed by atoms with E-state index in [2.05, 4.69) is 55.3 Å². The first kappa shape index (κ1) is 12.5. The fraction of sp³-hybridized carbons (Fsp3) is 0.562. The van der Waals surface area contributed by atoms with Crippen molar-refractivity contribution in [2.45, 2.75) is 51.1 Å². The lowest BCUT2D eigenvalue weighted by molar-refractivity contribution is -0.126. The largest absolute Gasteiger partial charge is 0.348 e. The minimum Gasteiger partial charge on any atom is -0.348 e. The van der Waals surface area contributed by atoms with Gasteiger partial charge in [-0.1, -0.05) is 32.0 Å². The quantitative estimate of drug-likeness (QED) is 0.840. The Labute approximate surface area is 115 Å². The van der Waals surface area contributed by atoms with Crippen LogP contribution in [0.2, 0.25) is 0 Å². The predicted molar refractivity (Wildman–Crippen MR) is 77.2 cm³/mol. The van der Waals surface area contributed by atoms with Crippen molar-refractivity contribution in [2.75, 3.05) is 11.4 Å². The molecule has 0 aromatic heterocycles. The average Bonchev–Trinajstić information content (AvgIpc) is 2.56. The van der Waals surface area contributed by atoms with Gasteiger partial charge in [-0.15, -0.1) is 0 Å². The summed E-state index contributed by atoms with van der Waals surface area (Å²) < 4.78 is 0. The summed E-state index contributed by atoms with van der Waals surface area (Å²) in [6, 6.07) is 8.56. The smallest absolute Gasteiger partial charge is 0.221 e. The van der Waals surface area contributed by atoms with Gasteiger partial charge in [0.15, 0.2) is 0 Å². The number of anilines is 1. The molecule has 1 aromatic rings. The Kier molecular flexibility index (Phi) is 2.63. The molecular formula is C16H22N2O. The first-order valence-electron chi connectivity index (χ1n) is 7.21. The zero-order valence-corrected chi connectivity index (χ0v) is 12.0. The molecule has 0 saturated carbocycles. The van der Waals surface area contributed by atoms with Gasteiger partial charge < -0.3 is 10.2 Å². The normalized spacial score (nSPS) is 28.4. The van der Waals surface area contributed by atoms with E-state index in [0.29, 0.717) is 6.42 Å².